The van der Waals surface area contributed by atoms with E-state index in [1.807, 2.05) is 13.8 Å². The summed E-state index contributed by atoms with van der Waals surface area (Å²) in [7, 11) is 0. The average Bonchev–Trinajstić information content (AvgIpc) is 3.18. The quantitative estimate of drug-likeness (QED) is 0.856. The van der Waals surface area contributed by atoms with Gasteiger partial charge in [-0.3, -0.25) is 4.79 Å². The summed E-state index contributed by atoms with van der Waals surface area (Å²) in [4.78, 5) is 12.0. The number of hydrogen-bond donors (Lipinski definition) is 2. The number of hydrogen-bond acceptors (Lipinski definition) is 2. The Hall–Kier alpha value is -1.42. The molecule has 0 bridgehead atoms. The molecule has 1 saturated carbocycles. The van der Waals surface area contributed by atoms with E-state index in [4.69, 9.17) is 5.11 Å². The van der Waals surface area contributed by atoms with Crippen LogP contribution >= 0.6 is 0 Å². The second kappa shape index (κ2) is 5.70. The number of aliphatic hydroxyl groups excluding tert-OH is 1. The third kappa shape index (κ3) is 3.13. The topological polar surface area (TPSA) is 49.3 Å². The monoisotopic (exact) mass is 265 g/mol. The number of carbonyl (C=O) groups excluding carboxylic acids is 1. The van der Waals surface area contributed by atoms with Gasteiger partial charge in [-0.05, 0) is 36.8 Å². The van der Waals surface area contributed by atoms with E-state index in [1.54, 1.807) is 18.2 Å². The smallest absolute Gasteiger partial charge is 0.223 e. The van der Waals surface area contributed by atoms with Gasteiger partial charge in [0.15, 0.2) is 0 Å². The van der Waals surface area contributed by atoms with Crippen LogP contribution in [0.4, 0.5) is 4.39 Å². The van der Waals surface area contributed by atoms with E-state index in [9.17, 15) is 9.18 Å². The Bertz CT molecular complexity index is 463. The van der Waals surface area contributed by atoms with E-state index < -0.39 is 0 Å². The summed E-state index contributed by atoms with van der Waals surface area (Å²) in [6.07, 6.45) is 0.701. The summed E-state index contributed by atoms with van der Waals surface area (Å²) in [6, 6.07) is 6.55. The maximum Gasteiger partial charge on any atom is 0.223 e. The largest absolute Gasteiger partial charge is 0.396 e. The van der Waals surface area contributed by atoms with Gasteiger partial charge in [0, 0.05) is 18.6 Å². The molecule has 0 radical (unpaired) electrons. The molecule has 1 aromatic rings. The van der Waals surface area contributed by atoms with Gasteiger partial charge in [-0.15, -0.1) is 0 Å². The van der Waals surface area contributed by atoms with Crippen molar-refractivity contribution in [2.24, 2.45) is 11.8 Å². The minimum Gasteiger partial charge on any atom is -0.396 e. The summed E-state index contributed by atoms with van der Waals surface area (Å²) in [6.45, 7) is 3.80. The number of rotatable bonds is 5. The third-order valence-corrected chi connectivity index (χ3v) is 3.94. The molecule has 0 saturated heterocycles. The second-order valence-corrected chi connectivity index (χ2v) is 5.43. The van der Waals surface area contributed by atoms with E-state index >= 15 is 0 Å². The van der Waals surface area contributed by atoms with Crippen molar-refractivity contribution in [1.29, 1.82) is 0 Å². The molecule has 1 aliphatic carbocycles. The highest BCUT2D eigenvalue weighted by Gasteiger charge is 2.45. The molecule has 2 rings (SSSR count). The SMILES string of the molecule is CC(CO)C(C)NC(=O)C1CC1c1ccccc1F. The normalized spacial score (nSPS) is 24.6. The van der Waals surface area contributed by atoms with Crippen molar-refractivity contribution in [3.8, 4) is 0 Å². The van der Waals surface area contributed by atoms with Crippen molar-refractivity contribution in [2.75, 3.05) is 6.61 Å². The molecule has 1 aliphatic rings. The molecule has 1 amide bonds. The zero-order chi connectivity index (χ0) is 14.0. The van der Waals surface area contributed by atoms with Crippen LogP contribution < -0.4 is 5.32 Å². The standard InChI is InChI=1S/C15H20FNO2/c1-9(8-18)10(2)17-15(19)13-7-12(13)11-5-3-4-6-14(11)16/h3-6,9-10,12-13,18H,7-8H2,1-2H3,(H,17,19). The van der Waals surface area contributed by atoms with Crippen LogP contribution in [0.3, 0.4) is 0 Å². The van der Waals surface area contributed by atoms with E-state index in [0.717, 1.165) is 0 Å². The molecule has 0 aliphatic heterocycles. The zero-order valence-corrected chi connectivity index (χ0v) is 11.3. The van der Waals surface area contributed by atoms with E-state index in [2.05, 4.69) is 5.32 Å². The minimum absolute atomic E-state index is 0.00201. The van der Waals surface area contributed by atoms with Gasteiger partial charge in [0.1, 0.15) is 5.82 Å². The highest BCUT2D eigenvalue weighted by atomic mass is 19.1. The third-order valence-electron chi connectivity index (χ3n) is 3.94. The van der Waals surface area contributed by atoms with Crippen LogP contribution in [0.2, 0.25) is 0 Å². The van der Waals surface area contributed by atoms with Crippen LogP contribution in [0, 0.1) is 17.7 Å². The van der Waals surface area contributed by atoms with Crippen LogP contribution in [0.25, 0.3) is 0 Å². The van der Waals surface area contributed by atoms with Crippen molar-refractivity contribution >= 4 is 5.91 Å². The van der Waals surface area contributed by atoms with Crippen molar-refractivity contribution < 1.29 is 14.3 Å². The van der Waals surface area contributed by atoms with Gasteiger partial charge in [-0.1, -0.05) is 25.1 Å². The predicted molar refractivity (Wildman–Crippen MR) is 71.1 cm³/mol. The van der Waals surface area contributed by atoms with E-state index in [-0.39, 0.29) is 42.1 Å². The molecule has 4 unspecified atom stereocenters. The van der Waals surface area contributed by atoms with E-state index in [0.29, 0.717) is 12.0 Å². The maximum atomic E-state index is 13.6. The summed E-state index contributed by atoms with van der Waals surface area (Å²) < 4.78 is 13.6. The van der Waals surface area contributed by atoms with Gasteiger partial charge in [0.2, 0.25) is 5.91 Å². The second-order valence-electron chi connectivity index (χ2n) is 5.43. The highest BCUT2D eigenvalue weighted by molar-refractivity contribution is 5.83. The molecule has 0 spiro atoms. The first-order valence-electron chi connectivity index (χ1n) is 6.70. The number of halogens is 1. The number of carbonyl (C=O) groups is 1. The Morgan fingerprint density at radius 3 is 2.79 bits per heavy atom. The van der Waals surface area contributed by atoms with Gasteiger partial charge >= 0.3 is 0 Å². The molecule has 1 fully saturated rings. The van der Waals surface area contributed by atoms with Gasteiger partial charge < -0.3 is 10.4 Å². The fourth-order valence-corrected chi connectivity index (χ4v) is 2.24. The average molecular weight is 265 g/mol. The van der Waals surface area contributed by atoms with Crippen LogP contribution in [-0.4, -0.2) is 23.7 Å². The fourth-order valence-electron chi connectivity index (χ4n) is 2.24. The highest BCUT2D eigenvalue weighted by Crippen LogP contribution is 2.48. The lowest BCUT2D eigenvalue weighted by atomic mass is 10.0. The van der Waals surface area contributed by atoms with Gasteiger partial charge in [-0.2, -0.15) is 0 Å². The van der Waals surface area contributed by atoms with E-state index in [1.165, 1.54) is 6.07 Å². The first-order valence-corrected chi connectivity index (χ1v) is 6.70. The number of amides is 1. The Labute approximate surface area is 112 Å². The Balaban J connectivity index is 1.93. The van der Waals surface area contributed by atoms with Crippen molar-refractivity contribution in [3.05, 3.63) is 35.6 Å². The van der Waals surface area contributed by atoms with Crippen molar-refractivity contribution in [2.45, 2.75) is 32.2 Å². The number of aliphatic hydroxyl groups is 1. The molecule has 2 N–H and O–H groups in total. The summed E-state index contributed by atoms with van der Waals surface area (Å²) in [5, 5.41) is 11.9. The molecule has 4 heteroatoms. The fraction of sp³-hybridized carbons (Fsp3) is 0.533. The van der Waals surface area contributed by atoms with Gasteiger partial charge in [-0.25, -0.2) is 4.39 Å². The molecule has 19 heavy (non-hydrogen) atoms. The Kier molecular flexibility index (Phi) is 4.20. The lowest BCUT2D eigenvalue weighted by Gasteiger charge is -2.19. The predicted octanol–water partition coefficient (Wildman–Crippen LogP) is 2.06. The number of nitrogens with one attached hydrogen (secondary N) is 1. The van der Waals surface area contributed by atoms with Crippen LogP contribution in [-0.2, 0) is 4.79 Å². The molecule has 104 valence electrons. The molecular weight excluding hydrogens is 245 g/mol. The van der Waals surface area contributed by atoms with Gasteiger partial charge in [0.25, 0.3) is 0 Å². The van der Waals surface area contributed by atoms with Crippen molar-refractivity contribution in [3.63, 3.8) is 0 Å². The Morgan fingerprint density at radius 1 is 1.47 bits per heavy atom. The minimum atomic E-state index is -0.237. The van der Waals surface area contributed by atoms with Gasteiger partial charge in [0.05, 0.1) is 0 Å². The summed E-state index contributed by atoms with van der Waals surface area (Å²) in [5.41, 5.74) is 0.630. The van der Waals surface area contributed by atoms with Crippen LogP contribution in [0.15, 0.2) is 24.3 Å². The first-order chi connectivity index (χ1) is 9.04. The molecule has 1 aromatic carbocycles. The lowest BCUT2D eigenvalue weighted by molar-refractivity contribution is -0.123. The van der Waals surface area contributed by atoms with Crippen molar-refractivity contribution in [1.82, 2.24) is 5.32 Å². The Morgan fingerprint density at radius 2 is 2.16 bits per heavy atom. The molecule has 0 heterocycles. The summed E-state index contributed by atoms with van der Waals surface area (Å²) >= 11 is 0. The molecule has 0 aromatic heterocycles. The maximum absolute atomic E-state index is 13.6. The molecule has 3 nitrogen and oxygen atoms in total. The van der Waals surface area contributed by atoms with Crippen LogP contribution in [0.5, 0.6) is 0 Å². The number of benzene rings is 1. The molecule has 4 atom stereocenters. The zero-order valence-electron chi connectivity index (χ0n) is 11.3. The van der Waals surface area contributed by atoms with Crippen LogP contribution in [0.1, 0.15) is 31.7 Å². The lowest BCUT2D eigenvalue weighted by Crippen LogP contribution is -2.39. The molecular formula is C15H20FNO2. The first kappa shape index (κ1) is 14.0. The summed E-state index contributed by atoms with van der Waals surface area (Å²) in [5.74, 6) is -0.390.